The monoisotopic (exact) mass is 338 g/mol. The minimum Gasteiger partial charge on any atom is -0.439 e. The molecule has 4 rings (SSSR count). The predicted molar refractivity (Wildman–Crippen MR) is 91.6 cm³/mol. The van der Waals surface area contributed by atoms with Gasteiger partial charge in [0.25, 0.3) is 0 Å². The van der Waals surface area contributed by atoms with Crippen molar-refractivity contribution in [2.75, 3.05) is 5.32 Å². The topological polar surface area (TPSA) is 97.7 Å². The zero-order valence-electron chi connectivity index (χ0n) is 13.6. The third-order valence-corrected chi connectivity index (χ3v) is 4.12. The number of fused-ring (bicyclic) bond motifs is 1. The van der Waals surface area contributed by atoms with Crippen molar-refractivity contribution >= 4 is 5.95 Å². The number of nitrogens with one attached hydrogen (secondary N) is 2. The Morgan fingerprint density at radius 2 is 2.08 bits per heavy atom. The van der Waals surface area contributed by atoms with Gasteiger partial charge in [-0.2, -0.15) is 10.1 Å². The highest BCUT2D eigenvalue weighted by Gasteiger charge is 2.23. The van der Waals surface area contributed by atoms with Crippen LogP contribution in [0.25, 0.3) is 0 Å². The molecule has 0 fully saturated rings. The summed E-state index contributed by atoms with van der Waals surface area (Å²) in [6.45, 7) is 0.681. The van der Waals surface area contributed by atoms with Gasteiger partial charge in [-0.05, 0) is 31.4 Å². The molecule has 3 heterocycles. The number of benzene rings is 1. The molecule has 8 heteroatoms. The van der Waals surface area contributed by atoms with Crippen LogP contribution in [0.2, 0.25) is 0 Å². The van der Waals surface area contributed by atoms with Crippen LogP contribution < -0.4 is 15.7 Å². The molecule has 0 bridgehead atoms. The summed E-state index contributed by atoms with van der Waals surface area (Å²) in [5.41, 5.74) is -0.175. The van der Waals surface area contributed by atoms with Crippen LogP contribution in [0.15, 0.2) is 47.4 Å². The summed E-state index contributed by atoms with van der Waals surface area (Å²) in [7, 11) is 0. The summed E-state index contributed by atoms with van der Waals surface area (Å²) in [6, 6.07) is 11.0. The molecule has 0 radical (unpaired) electrons. The van der Waals surface area contributed by atoms with Gasteiger partial charge in [-0.25, -0.2) is 14.9 Å². The van der Waals surface area contributed by atoms with Gasteiger partial charge < -0.3 is 10.1 Å². The Hall–Kier alpha value is -3.16. The van der Waals surface area contributed by atoms with Crippen LogP contribution in [0.5, 0.6) is 11.6 Å². The van der Waals surface area contributed by atoms with Crippen molar-refractivity contribution in [3.8, 4) is 11.6 Å². The summed E-state index contributed by atoms with van der Waals surface area (Å²) in [4.78, 5) is 20.5. The number of aromatic amines is 1. The molecule has 2 N–H and O–H groups in total. The van der Waals surface area contributed by atoms with E-state index in [1.54, 1.807) is 16.8 Å². The molecular formula is C17H18N6O2. The van der Waals surface area contributed by atoms with E-state index in [0.29, 0.717) is 29.9 Å². The zero-order chi connectivity index (χ0) is 17.1. The van der Waals surface area contributed by atoms with E-state index < -0.39 is 0 Å². The number of nitrogens with zero attached hydrogens (tertiary/aromatic N) is 4. The fourth-order valence-corrected chi connectivity index (χ4v) is 2.93. The van der Waals surface area contributed by atoms with Crippen molar-refractivity contribution in [1.82, 2.24) is 24.7 Å². The molecule has 0 amide bonds. The third kappa shape index (κ3) is 3.37. The first-order valence-electron chi connectivity index (χ1n) is 8.27. The highest BCUT2D eigenvalue weighted by molar-refractivity contribution is 5.33. The molecule has 1 unspecified atom stereocenters. The first-order valence-corrected chi connectivity index (χ1v) is 8.27. The van der Waals surface area contributed by atoms with Crippen molar-refractivity contribution in [2.45, 2.75) is 31.8 Å². The van der Waals surface area contributed by atoms with Gasteiger partial charge in [-0.15, -0.1) is 0 Å². The summed E-state index contributed by atoms with van der Waals surface area (Å²) in [5.74, 6) is 2.31. The van der Waals surface area contributed by atoms with Crippen LogP contribution in [-0.2, 0) is 6.54 Å². The molecule has 0 saturated heterocycles. The molecule has 2 aromatic heterocycles. The highest BCUT2D eigenvalue weighted by Crippen LogP contribution is 2.25. The minimum absolute atomic E-state index is 0.117. The molecule has 1 aliphatic rings. The number of aromatic nitrogens is 5. The molecule has 0 spiro atoms. The van der Waals surface area contributed by atoms with E-state index in [1.165, 1.54) is 0 Å². The summed E-state index contributed by atoms with van der Waals surface area (Å²) >= 11 is 0. The van der Waals surface area contributed by atoms with Gasteiger partial charge in [-0.3, -0.25) is 4.57 Å². The minimum atomic E-state index is -0.175. The summed E-state index contributed by atoms with van der Waals surface area (Å²) < 4.78 is 7.41. The Kier molecular flexibility index (Phi) is 4.16. The van der Waals surface area contributed by atoms with E-state index >= 15 is 0 Å². The maximum absolute atomic E-state index is 11.8. The van der Waals surface area contributed by atoms with E-state index in [2.05, 4.69) is 25.5 Å². The van der Waals surface area contributed by atoms with E-state index in [4.69, 9.17) is 4.74 Å². The largest absolute Gasteiger partial charge is 0.439 e. The number of rotatable bonds is 4. The average Bonchev–Trinajstić information content (AvgIpc) is 2.87. The van der Waals surface area contributed by atoms with Crippen LogP contribution in [0.3, 0.4) is 0 Å². The van der Waals surface area contributed by atoms with Gasteiger partial charge in [0.15, 0.2) is 5.82 Å². The fraction of sp³-hybridized carbons (Fsp3) is 0.294. The summed E-state index contributed by atoms with van der Waals surface area (Å²) in [6.07, 6.45) is 4.45. The summed E-state index contributed by atoms with van der Waals surface area (Å²) in [5, 5.41) is 9.95. The molecule has 3 aromatic rings. The number of para-hydroxylation sites is 1. The maximum atomic E-state index is 11.8. The van der Waals surface area contributed by atoms with Crippen molar-refractivity contribution < 1.29 is 4.74 Å². The number of hydrogen-bond acceptors (Lipinski definition) is 6. The van der Waals surface area contributed by atoms with Crippen molar-refractivity contribution in [3.05, 3.63) is 58.9 Å². The smallest absolute Gasteiger partial charge is 0.343 e. The second-order valence-electron chi connectivity index (χ2n) is 5.86. The second-order valence-corrected chi connectivity index (χ2v) is 5.86. The lowest BCUT2D eigenvalue weighted by Crippen LogP contribution is -2.21. The van der Waals surface area contributed by atoms with Crippen LogP contribution in [0.1, 0.15) is 31.1 Å². The van der Waals surface area contributed by atoms with E-state index in [9.17, 15) is 4.79 Å². The maximum Gasteiger partial charge on any atom is 0.343 e. The highest BCUT2D eigenvalue weighted by atomic mass is 16.5. The van der Waals surface area contributed by atoms with Crippen LogP contribution in [0.4, 0.5) is 5.95 Å². The SMILES string of the molecule is O=c1[nH]nc2n1CCCCC2Nc1nccc(Oc2ccccc2)n1. The van der Waals surface area contributed by atoms with Crippen molar-refractivity contribution in [3.63, 3.8) is 0 Å². The van der Waals surface area contributed by atoms with Crippen LogP contribution >= 0.6 is 0 Å². The second kappa shape index (κ2) is 6.76. The number of hydrogen-bond donors (Lipinski definition) is 2. The predicted octanol–water partition coefficient (Wildman–Crippen LogP) is 2.49. The molecule has 1 aromatic carbocycles. The van der Waals surface area contributed by atoms with Gasteiger partial charge in [0.1, 0.15) is 5.75 Å². The quantitative estimate of drug-likeness (QED) is 0.758. The number of H-pyrrole nitrogens is 1. The van der Waals surface area contributed by atoms with Crippen molar-refractivity contribution in [2.24, 2.45) is 0 Å². The van der Waals surface area contributed by atoms with Gasteiger partial charge in [-0.1, -0.05) is 18.2 Å². The Morgan fingerprint density at radius 3 is 2.96 bits per heavy atom. The normalized spacial score (nSPS) is 16.7. The molecule has 1 aliphatic heterocycles. The van der Waals surface area contributed by atoms with Crippen molar-refractivity contribution in [1.29, 1.82) is 0 Å². The first-order chi connectivity index (χ1) is 12.3. The Bertz CT molecular complexity index is 905. The Labute approximate surface area is 143 Å². The van der Waals surface area contributed by atoms with E-state index in [0.717, 1.165) is 19.3 Å². The lowest BCUT2D eigenvalue weighted by Gasteiger charge is -2.16. The van der Waals surface area contributed by atoms with Gasteiger partial charge >= 0.3 is 5.69 Å². The van der Waals surface area contributed by atoms with Crippen LogP contribution in [-0.4, -0.2) is 24.7 Å². The Morgan fingerprint density at radius 1 is 1.20 bits per heavy atom. The van der Waals surface area contributed by atoms with E-state index in [-0.39, 0.29) is 11.7 Å². The van der Waals surface area contributed by atoms with Gasteiger partial charge in [0.2, 0.25) is 11.8 Å². The third-order valence-electron chi connectivity index (χ3n) is 4.12. The van der Waals surface area contributed by atoms with Crippen LogP contribution in [0, 0.1) is 0 Å². The first kappa shape index (κ1) is 15.4. The molecular weight excluding hydrogens is 320 g/mol. The molecule has 0 aliphatic carbocycles. The zero-order valence-corrected chi connectivity index (χ0v) is 13.6. The molecule has 1 atom stereocenters. The molecule has 128 valence electrons. The average molecular weight is 338 g/mol. The number of anilines is 1. The van der Waals surface area contributed by atoms with Gasteiger partial charge in [0.05, 0.1) is 6.04 Å². The number of ether oxygens (including phenoxy) is 1. The lowest BCUT2D eigenvalue weighted by molar-refractivity contribution is 0.461. The van der Waals surface area contributed by atoms with Gasteiger partial charge in [0, 0.05) is 18.8 Å². The standard InChI is InChI=1S/C17H18N6O2/c24-17-22-21-15-13(8-4-5-11-23(15)17)19-16-18-10-9-14(20-16)25-12-6-2-1-3-7-12/h1-3,6-7,9-10,13H,4-5,8,11H2,(H,22,24)(H,18,19,20). The lowest BCUT2D eigenvalue weighted by atomic mass is 10.1. The fourth-order valence-electron chi connectivity index (χ4n) is 2.93. The molecule has 0 saturated carbocycles. The Balaban J connectivity index is 1.55. The molecule has 8 nitrogen and oxygen atoms in total. The van der Waals surface area contributed by atoms with E-state index in [1.807, 2.05) is 30.3 Å². The molecule has 25 heavy (non-hydrogen) atoms.